The molecule has 5 rings (SSSR count). The van der Waals surface area contributed by atoms with Gasteiger partial charge in [0.2, 0.25) is 0 Å². The molecule has 1 amide bonds. The van der Waals surface area contributed by atoms with Gasteiger partial charge in [-0.2, -0.15) is 0 Å². The van der Waals surface area contributed by atoms with E-state index in [1.165, 1.54) is 11.8 Å². The minimum Gasteiger partial charge on any atom is -0.342 e. The average molecular weight is 444 g/mol. The maximum Gasteiger partial charge on any atom is 0.264 e. The summed E-state index contributed by atoms with van der Waals surface area (Å²) in [6, 6.07) is 25.7. The first kappa shape index (κ1) is 19.7. The van der Waals surface area contributed by atoms with Crippen LogP contribution in [0, 0.1) is 0 Å². The summed E-state index contributed by atoms with van der Waals surface area (Å²) in [5.41, 5.74) is 4.04. The number of thioether (sulfide) groups is 1. The van der Waals surface area contributed by atoms with E-state index in [1.54, 1.807) is 0 Å². The lowest BCUT2D eigenvalue weighted by Gasteiger charge is -2.05. The highest BCUT2D eigenvalue weighted by Gasteiger charge is 2.24. The first-order chi connectivity index (χ1) is 15.2. The molecule has 4 nitrogen and oxygen atoms in total. The molecule has 1 aliphatic rings. The van der Waals surface area contributed by atoms with E-state index < -0.39 is 0 Å². The van der Waals surface area contributed by atoms with E-state index in [0.717, 1.165) is 32.7 Å². The number of hydrogen-bond acceptors (Lipinski definition) is 3. The summed E-state index contributed by atoms with van der Waals surface area (Å²) in [7, 11) is 0. The Kier molecular flexibility index (Phi) is 5.37. The van der Waals surface area contributed by atoms with Gasteiger partial charge >= 0.3 is 0 Å². The highest BCUT2D eigenvalue weighted by molar-refractivity contribution is 8.18. The lowest BCUT2D eigenvalue weighted by atomic mass is 10.1. The molecule has 0 bridgehead atoms. The van der Waals surface area contributed by atoms with Crippen LogP contribution in [0.1, 0.15) is 11.1 Å². The van der Waals surface area contributed by atoms with Crippen molar-refractivity contribution >= 4 is 57.1 Å². The van der Waals surface area contributed by atoms with E-state index in [4.69, 9.17) is 11.6 Å². The predicted octanol–water partition coefficient (Wildman–Crippen LogP) is 6.23. The number of fused-ring (bicyclic) bond motifs is 1. The Labute approximate surface area is 189 Å². The quantitative estimate of drug-likeness (QED) is 0.380. The van der Waals surface area contributed by atoms with Crippen molar-refractivity contribution in [2.45, 2.75) is 6.54 Å². The van der Waals surface area contributed by atoms with Gasteiger partial charge in [0.15, 0.2) is 5.17 Å². The minimum atomic E-state index is -0.133. The number of amidine groups is 1. The Hall–Kier alpha value is -3.28. The maximum atomic E-state index is 12.5. The number of hydrogen-bond donors (Lipinski definition) is 1. The number of nitrogens with one attached hydrogen (secondary N) is 1. The summed E-state index contributed by atoms with van der Waals surface area (Å²) in [4.78, 5) is 17.7. The van der Waals surface area contributed by atoms with Crippen molar-refractivity contribution in [3.05, 3.63) is 106 Å². The number of halogens is 1. The van der Waals surface area contributed by atoms with Crippen molar-refractivity contribution in [3.8, 4) is 0 Å². The van der Waals surface area contributed by atoms with Crippen molar-refractivity contribution in [2.24, 2.45) is 4.99 Å². The van der Waals surface area contributed by atoms with Gasteiger partial charge < -0.3 is 9.88 Å². The fourth-order valence-corrected chi connectivity index (χ4v) is 4.64. The van der Waals surface area contributed by atoms with Gasteiger partial charge in [-0.05, 0) is 53.7 Å². The summed E-state index contributed by atoms with van der Waals surface area (Å²) in [5, 5.41) is 5.26. The molecule has 1 aliphatic heterocycles. The van der Waals surface area contributed by atoms with E-state index in [9.17, 15) is 4.79 Å². The van der Waals surface area contributed by atoms with Gasteiger partial charge in [-0.1, -0.05) is 60.1 Å². The van der Waals surface area contributed by atoms with Crippen molar-refractivity contribution < 1.29 is 4.79 Å². The molecule has 4 aromatic rings. The Morgan fingerprint density at radius 2 is 1.81 bits per heavy atom. The zero-order valence-electron chi connectivity index (χ0n) is 16.5. The number of amides is 1. The van der Waals surface area contributed by atoms with Crippen LogP contribution >= 0.6 is 23.4 Å². The van der Waals surface area contributed by atoms with Crippen LogP contribution in [0.3, 0.4) is 0 Å². The molecule has 1 fully saturated rings. The number of carbonyl (C=O) groups is 1. The second-order valence-corrected chi connectivity index (χ2v) is 8.64. The molecule has 152 valence electrons. The van der Waals surface area contributed by atoms with Gasteiger partial charge in [0.05, 0.1) is 10.6 Å². The SMILES string of the molecule is O=C1NC(=Nc2ccccc2)SC1=Cc1cn(Cc2cccc(Cl)c2)c2ccccc12. The van der Waals surface area contributed by atoms with E-state index in [0.29, 0.717) is 16.6 Å². The van der Waals surface area contributed by atoms with Crippen LogP contribution in [-0.4, -0.2) is 15.6 Å². The van der Waals surface area contributed by atoms with Crippen molar-refractivity contribution in [2.75, 3.05) is 0 Å². The summed E-state index contributed by atoms with van der Waals surface area (Å²) in [6.07, 6.45) is 4.02. The number of para-hydroxylation sites is 2. The standard InChI is InChI=1S/C25H18ClN3OS/c26-19-8-6-7-17(13-19)15-29-16-18(21-11-4-5-12-22(21)29)14-23-24(30)28-25(31-23)27-20-9-2-1-3-10-20/h1-14,16H,15H2,(H,27,28,30). The summed E-state index contributed by atoms with van der Waals surface area (Å²) < 4.78 is 2.18. The molecule has 6 heteroatoms. The highest BCUT2D eigenvalue weighted by Crippen LogP contribution is 2.31. The highest BCUT2D eigenvalue weighted by atomic mass is 35.5. The molecule has 2 heterocycles. The number of aliphatic imine (C=N–C) groups is 1. The summed E-state index contributed by atoms with van der Waals surface area (Å²) in [6.45, 7) is 0.699. The zero-order valence-corrected chi connectivity index (χ0v) is 18.0. The topological polar surface area (TPSA) is 46.4 Å². The average Bonchev–Trinajstić information content (AvgIpc) is 3.29. The van der Waals surface area contributed by atoms with E-state index in [1.807, 2.05) is 66.7 Å². The van der Waals surface area contributed by atoms with Crippen LogP contribution in [0.5, 0.6) is 0 Å². The molecule has 0 aliphatic carbocycles. The number of nitrogens with zero attached hydrogens (tertiary/aromatic N) is 2. The van der Waals surface area contributed by atoms with Crippen molar-refractivity contribution in [1.29, 1.82) is 0 Å². The van der Waals surface area contributed by atoms with Crippen LogP contribution in [-0.2, 0) is 11.3 Å². The van der Waals surface area contributed by atoms with Gasteiger partial charge in [-0.3, -0.25) is 4.79 Å². The largest absolute Gasteiger partial charge is 0.342 e. The van der Waals surface area contributed by atoms with Crippen LogP contribution < -0.4 is 5.32 Å². The third kappa shape index (κ3) is 4.29. The zero-order chi connectivity index (χ0) is 21.2. The van der Waals surface area contributed by atoms with Crippen LogP contribution in [0.25, 0.3) is 17.0 Å². The lowest BCUT2D eigenvalue weighted by Crippen LogP contribution is -2.19. The number of benzene rings is 3. The molecule has 1 N–H and O–H groups in total. The molecular formula is C25H18ClN3OS. The molecule has 3 aromatic carbocycles. The van der Waals surface area contributed by atoms with E-state index >= 15 is 0 Å². The smallest absolute Gasteiger partial charge is 0.264 e. The Morgan fingerprint density at radius 3 is 2.65 bits per heavy atom. The minimum absolute atomic E-state index is 0.133. The molecule has 0 unspecified atom stereocenters. The molecule has 0 saturated carbocycles. The number of rotatable bonds is 4. The summed E-state index contributed by atoms with van der Waals surface area (Å²) in [5.74, 6) is -0.133. The van der Waals surface area contributed by atoms with Gasteiger partial charge in [-0.25, -0.2) is 4.99 Å². The lowest BCUT2D eigenvalue weighted by molar-refractivity contribution is -0.115. The number of aromatic nitrogens is 1. The third-order valence-corrected chi connectivity index (χ3v) is 6.13. The predicted molar refractivity (Wildman–Crippen MR) is 130 cm³/mol. The maximum absolute atomic E-state index is 12.5. The first-order valence-electron chi connectivity index (χ1n) is 9.83. The first-order valence-corrected chi connectivity index (χ1v) is 11.0. The van der Waals surface area contributed by atoms with Crippen LogP contribution in [0.15, 0.2) is 95.0 Å². The fourth-order valence-electron chi connectivity index (χ4n) is 3.59. The van der Waals surface area contributed by atoms with Gasteiger partial charge in [0.1, 0.15) is 0 Å². The molecule has 31 heavy (non-hydrogen) atoms. The van der Waals surface area contributed by atoms with E-state index in [2.05, 4.69) is 39.3 Å². The van der Waals surface area contributed by atoms with Gasteiger partial charge in [-0.15, -0.1) is 0 Å². The van der Waals surface area contributed by atoms with Gasteiger partial charge in [0.25, 0.3) is 5.91 Å². The molecule has 1 saturated heterocycles. The normalized spacial score (nSPS) is 16.4. The Morgan fingerprint density at radius 1 is 1.00 bits per heavy atom. The van der Waals surface area contributed by atoms with E-state index in [-0.39, 0.29) is 5.91 Å². The monoisotopic (exact) mass is 443 g/mol. The molecule has 0 spiro atoms. The second-order valence-electron chi connectivity index (χ2n) is 7.18. The fraction of sp³-hybridized carbons (Fsp3) is 0.0400. The molecule has 0 radical (unpaired) electrons. The van der Waals surface area contributed by atoms with Gasteiger partial charge in [0, 0.05) is 34.2 Å². The summed E-state index contributed by atoms with van der Waals surface area (Å²) >= 11 is 7.51. The molecule has 1 aromatic heterocycles. The van der Waals surface area contributed by atoms with Crippen LogP contribution in [0.4, 0.5) is 5.69 Å². The molecular weight excluding hydrogens is 426 g/mol. The second kappa shape index (κ2) is 8.46. The Bertz CT molecular complexity index is 1340. The number of carbonyl (C=O) groups excluding carboxylic acids is 1. The molecule has 0 atom stereocenters. The van der Waals surface area contributed by atoms with Crippen molar-refractivity contribution in [1.82, 2.24) is 9.88 Å². The third-order valence-electron chi connectivity index (χ3n) is 4.99. The van der Waals surface area contributed by atoms with Crippen molar-refractivity contribution in [3.63, 3.8) is 0 Å². The Balaban J connectivity index is 1.48. The van der Waals surface area contributed by atoms with Crippen LogP contribution in [0.2, 0.25) is 5.02 Å².